The maximum Gasteiger partial charge on any atom is 0.244 e. The molecule has 0 spiro atoms. The number of carbonyl (C=O) groups is 1. The van der Waals surface area contributed by atoms with Crippen LogP contribution < -0.4 is 14.4 Å². The number of halogens is 2. The molecule has 1 heterocycles. The number of ether oxygens (including phenoxy) is 1. The fourth-order valence-electron chi connectivity index (χ4n) is 4.38. The Labute approximate surface area is 206 Å². The maximum absolute atomic E-state index is 13.5. The van der Waals surface area contributed by atoms with E-state index in [-0.39, 0.29) is 29.1 Å². The molecule has 1 aliphatic rings. The summed E-state index contributed by atoms with van der Waals surface area (Å²) in [6.07, 6.45) is 3.54. The second kappa shape index (κ2) is 10.1. The van der Waals surface area contributed by atoms with Crippen molar-refractivity contribution in [3.63, 3.8) is 0 Å². The monoisotopic (exact) mass is 512 g/mol. The van der Waals surface area contributed by atoms with E-state index in [1.165, 1.54) is 12.1 Å². The van der Waals surface area contributed by atoms with Crippen LogP contribution >= 0.6 is 23.2 Å². The molecule has 0 aromatic heterocycles. The summed E-state index contributed by atoms with van der Waals surface area (Å²) in [7, 11) is -3.79. The van der Waals surface area contributed by atoms with Crippen LogP contribution in [0.5, 0.6) is 5.75 Å². The average molecular weight is 513 g/mol. The van der Waals surface area contributed by atoms with Crippen molar-refractivity contribution in [2.45, 2.75) is 64.1 Å². The number of sulfonamides is 1. The van der Waals surface area contributed by atoms with Crippen molar-refractivity contribution < 1.29 is 17.9 Å². The lowest BCUT2D eigenvalue weighted by molar-refractivity contribution is -0.123. The van der Waals surface area contributed by atoms with Gasteiger partial charge in [0.15, 0.2) is 0 Å². The third-order valence-electron chi connectivity index (χ3n) is 6.29. The molecular formula is C24H30Cl2N2O4S. The van der Waals surface area contributed by atoms with E-state index in [0.717, 1.165) is 34.7 Å². The summed E-state index contributed by atoms with van der Waals surface area (Å²) in [5, 5.41) is 3.63. The lowest BCUT2D eigenvalue weighted by Crippen LogP contribution is -2.52. The number of benzene rings is 2. The Balaban J connectivity index is 1.97. The first-order chi connectivity index (χ1) is 15.5. The number of para-hydroxylation sites is 1. The minimum atomic E-state index is -3.79. The first-order valence-corrected chi connectivity index (χ1v) is 13.7. The van der Waals surface area contributed by atoms with Gasteiger partial charge in [0.25, 0.3) is 0 Å². The molecule has 1 amide bonds. The minimum Gasteiger partial charge on any atom is -0.487 e. The second-order valence-electron chi connectivity index (χ2n) is 8.38. The normalized spacial score (nSPS) is 18.1. The molecule has 0 saturated heterocycles. The highest BCUT2D eigenvalue weighted by Gasteiger charge is 2.40. The summed E-state index contributed by atoms with van der Waals surface area (Å²) in [6.45, 7) is 5.92. The Kier molecular flexibility index (Phi) is 7.87. The van der Waals surface area contributed by atoms with Gasteiger partial charge in [0.05, 0.1) is 28.0 Å². The van der Waals surface area contributed by atoms with Crippen LogP contribution in [0, 0.1) is 0 Å². The standard InChI is InChI=1S/C24H30Cl2N2O4S/c1-5-21(28(33(4,30)31)16-12-13-18(25)19(26)14-16)23(29)27-20-15-24(6-2,7-3)32-22-11-9-8-10-17(20)22/h8-14,20-21H,5-7,15H2,1-4H3,(H,27,29)/t20-,21-/m1/s1. The highest BCUT2D eigenvalue weighted by Crippen LogP contribution is 2.42. The van der Waals surface area contributed by atoms with Crippen LogP contribution in [0.25, 0.3) is 0 Å². The SMILES string of the molecule is CC[C@H](C(=O)N[C@@H]1CC(CC)(CC)Oc2ccccc21)N(c1ccc(Cl)c(Cl)c1)S(C)(=O)=O. The Bertz CT molecular complexity index is 1120. The summed E-state index contributed by atoms with van der Waals surface area (Å²) >= 11 is 12.2. The zero-order valence-corrected chi connectivity index (χ0v) is 21.6. The largest absolute Gasteiger partial charge is 0.487 e. The van der Waals surface area contributed by atoms with Crippen LogP contribution in [0.3, 0.4) is 0 Å². The number of anilines is 1. The molecule has 2 aromatic rings. The summed E-state index contributed by atoms with van der Waals surface area (Å²) in [4.78, 5) is 13.5. The maximum atomic E-state index is 13.5. The van der Waals surface area contributed by atoms with Crippen molar-refractivity contribution in [1.82, 2.24) is 5.32 Å². The van der Waals surface area contributed by atoms with Crippen LogP contribution in [0.4, 0.5) is 5.69 Å². The van der Waals surface area contributed by atoms with Crippen molar-refractivity contribution in [3.8, 4) is 5.75 Å². The van der Waals surface area contributed by atoms with Crippen molar-refractivity contribution >= 4 is 44.8 Å². The summed E-state index contributed by atoms with van der Waals surface area (Å²) in [5.74, 6) is 0.368. The predicted molar refractivity (Wildman–Crippen MR) is 134 cm³/mol. The number of hydrogen-bond acceptors (Lipinski definition) is 4. The molecule has 33 heavy (non-hydrogen) atoms. The molecule has 0 aliphatic carbocycles. The van der Waals surface area contributed by atoms with Crippen LogP contribution in [0.2, 0.25) is 10.0 Å². The Morgan fingerprint density at radius 2 is 1.82 bits per heavy atom. The molecule has 0 fully saturated rings. The Hall–Kier alpha value is -1.96. The minimum absolute atomic E-state index is 0.215. The summed E-state index contributed by atoms with van der Waals surface area (Å²) < 4.78 is 33.0. The number of nitrogens with one attached hydrogen (secondary N) is 1. The molecule has 0 bridgehead atoms. The van der Waals surface area contributed by atoms with Crippen molar-refractivity contribution in [2.24, 2.45) is 0 Å². The van der Waals surface area contributed by atoms with Gasteiger partial charge >= 0.3 is 0 Å². The van der Waals surface area contributed by atoms with Gasteiger partial charge in [0.2, 0.25) is 15.9 Å². The van der Waals surface area contributed by atoms with Gasteiger partial charge in [-0.05, 0) is 43.5 Å². The number of hydrogen-bond donors (Lipinski definition) is 1. The second-order valence-corrected chi connectivity index (χ2v) is 11.1. The zero-order valence-electron chi connectivity index (χ0n) is 19.3. The molecule has 0 saturated carbocycles. The molecular weight excluding hydrogens is 483 g/mol. The third kappa shape index (κ3) is 5.42. The topological polar surface area (TPSA) is 75.7 Å². The number of amides is 1. The van der Waals surface area contributed by atoms with Gasteiger partial charge in [-0.25, -0.2) is 8.42 Å². The third-order valence-corrected chi connectivity index (χ3v) is 8.21. The lowest BCUT2D eigenvalue weighted by Gasteiger charge is -2.42. The van der Waals surface area contributed by atoms with E-state index in [1.807, 2.05) is 24.3 Å². The van der Waals surface area contributed by atoms with Gasteiger partial charge in [-0.1, -0.05) is 62.2 Å². The molecule has 180 valence electrons. The number of fused-ring (bicyclic) bond motifs is 1. The van der Waals surface area contributed by atoms with Crippen LogP contribution in [0.15, 0.2) is 42.5 Å². The van der Waals surface area contributed by atoms with E-state index in [2.05, 4.69) is 19.2 Å². The Morgan fingerprint density at radius 3 is 2.39 bits per heavy atom. The van der Waals surface area contributed by atoms with Gasteiger partial charge < -0.3 is 10.1 Å². The molecule has 9 heteroatoms. The number of rotatable bonds is 8. The van der Waals surface area contributed by atoms with E-state index in [1.54, 1.807) is 13.0 Å². The molecule has 0 radical (unpaired) electrons. The first-order valence-electron chi connectivity index (χ1n) is 11.1. The highest BCUT2D eigenvalue weighted by atomic mass is 35.5. The Morgan fingerprint density at radius 1 is 1.15 bits per heavy atom. The van der Waals surface area contributed by atoms with E-state index in [9.17, 15) is 13.2 Å². The van der Waals surface area contributed by atoms with E-state index < -0.39 is 21.7 Å². The van der Waals surface area contributed by atoms with Gasteiger partial charge in [-0.3, -0.25) is 9.10 Å². The molecule has 0 unspecified atom stereocenters. The number of carbonyl (C=O) groups excluding carboxylic acids is 1. The van der Waals surface area contributed by atoms with Gasteiger partial charge in [-0.2, -0.15) is 0 Å². The fourth-order valence-corrected chi connectivity index (χ4v) is 5.88. The smallest absolute Gasteiger partial charge is 0.244 e. The first kappa shape index (κ1) is 25.7. The highest BCUT2D eigenvalue weighted by molar-refractivity contribution is 7.92. The molecule has 2 atom stereocenters. The van der Waals surface area contributed by atoms with Crippen LogP contribution in [-0.2, 0) is 14.8 Å². The van der Waals surface area contributed by atoms with Gasteiger partial charge in [0, 0.05) is 12.0 Å². The molecule has 1 aliphatic heterocycles. The van der Waals surface area contributed by atoms with Crippen LogP contribution in [-0.4, -0.2) is 32.2 Å². The lowest BCUT2D eigenvalue weighted by atomic mass is 9.83. The molecule has 2 aromatic carbocycles. The van der Waals surface area contributed by atoms with Gasteiger partial charge in [0.1, 0.15) is 17.4 Å². The predicted octanol–water partition coefficient (Wildman–Crippen LogP) is 5.74. The van der Waals surface area contributed by atoms with E-state index >= 15 is 0 Å². The fraction of sp³-hybridized carbons (Fsp3) is 0.458. The van der Waals surface area contributed by atoms with Crippen LogP contribution in [0.1, 0.15) is 58.1 Å². The molecule has 6 nitrogen and oxygen atoms in total. The van der Waals surface area contributed by atoms with E-state index in [4.69, 9.17) is 27.9 Å². The summed E-state index contributed by atoms with van der Waals surface area (Å²) in [6, 6.07) is 10.9. The molecule has 1 N–H and O–H groups in total. The average Bonchev–Trinajstić information content (AvgIpc) is 2.78. The van der Waals surface area contributed by atoms with Crippen molar-refractivity contribution in [1.29, 1.82) is 0 Å². The van der Waals surface area contributed by atoms with Gasteiger partial charge in [-0.15, -0.1) is 0 Å². The van der Waals surface area contributed by atoms with E-state index in [0.29, 0.717) is 11.4 Å². The number of nitrogens with zero attached hydrogens (tertiary/aromatic N) is 1. The molecule has 3 rings (SSSR count). The zero-order chi connectivity index (χ0) is 24.4. The quantitative estimate of drug-likeness (QED) is 0.489. The summed E-state index contributed by atoms with van der Waals surface area (Å²) in [5.41, 5.74) is 0.783. The van der Waals surface area contributed by atoms with Crippen molar-refractivity contribution in [3.05, 3.63) is 58.1 Å². The van der Waals surface area contributed by atoms with Crippen molar-refractivity contribution in [2.75, 3.05) is 10.6 Å².